The first kappa shape index (κ1) is 21.9. The number of ether oxygens (including phenoxy) is 1. The SMILES string of the molecule is CC(C)(C)OC(=O)C[C@H](NC(=O)[C@@H]1CCc2nc3ccccc3c(=O)n21)[C@H](O)CF. The van der Waals surface area contributed by atoms with Gasteiger partial charge in [0.2, 0.25) is 5.91 Å². The number of halogens is 1. The molecule has 0 radical (unpaired) electrons. The fourth-order valence-electron chi connectivity index (χ4n) is 3.57. The maximum absolute atomic E-state index is 13.1. The van der Waals surface area contributed by atoms with Crippen molar-refractivity contribution < 1.29 is 23.8 Å². The van der Waals surface area contributed by atoms with Gasteiger partial charge >= 0.3 is 5.97 Å². The molecule has 1 aliphatic heterocycles. The van der Waals surface area contributed by atoms with E-state index in [1.165, 1.54) is 4.57 Å². The van der Waals surface area contributed by atoms with Gasteiger partial charge < -0.3 is 15.2 Å². The molecular formula is C21H26FN3O5. The Hall–Kier alpha value is -2.81. The number of alkyl halides is 1. The number of nitrogens with zero attached hydrogens (tertiary/aromatic N) is 2. The minimum atomic E-state index is -1.58. The summed E-state index contributed by atoms with van der Waals surface area (Å²) in [6, 6.07) is 4.85. The molecule has 2 aromatic rings. The number of hydrogen-bond donors (Lipinski definition) is 2. The quantitative estimate of drug-likeness (QED) is 0.686. The number of aryl methyl sites for hydroxylation is 1. The molecule has 1 aromatic carbocycles. The number of aliphatic hydroxyl groups excluding tert-OH is 1. The van der Waals surface area contributed by atoms with Gasteiger partial charge in [0.1, 0.15) is 30.2 Å². The van der Waals surface area contributed by atoms with Crippen LogP contribution in [-0.4, -0.2) is 51.0 Å². The number of esters is 1. The van der Waals surface area contributed by atoms with Crippen LogP contribution in [0, 0.1) is 0 Å². The second kappa shape index (κ2) is 8.51. The number of carbonyl (C=O) groups excluding carboxylic acids is 2. The van der Waals surface area contributed by atoms with Gasteiger partial charge in [-0.05, 0) is 39.3 Å². The number of nitrogens with one attached hydrogen (secondary N) is 1. The Morgan fingerprint density at radius 2 is 2.07 bits per heavy atom. The molecule has 2 heterocycles. The first-order valence-corrected chi connectivity index (χ1v) is 9.87. The van der Waals surface area contributed by atoms with Crippen LogP contribution in [0.1, 0.15) is 45.5 Å². The maximum Gasteiger partial charge on any atom is 0.308 e. The molecule has 1 aromatic heterocycles. The highest BCUT2D eigenvalue weighted by Gasteiger charge is 2.34. The van der Waals surface area contributed by atoms with Crippen LogP contribution in [-0.2, 0) is 20.7 Å². The van der Waals surface area contributed by atoms with Crippen LogP contribution in [0.3, 0.4) is 0 Å². The number of carbonyl (C=O) groups is 2. The minimum Gasteiger partial charge on any atom is -0.460 e. The van der Waals surface area contributed by atoms with Gasteiger partial charge in [-0.25, -0.2) is 9.37 Å². The summed E-state index contributed by atoms with van der Waals surface area (Å²) in [7, 11) is 0. The van der Waals surface area contributed by atoms with E-state index in [1.54, 1.807) is 45.0 Å². The van der Waals surface area contributed by atoms with E-state index in [-0.39, 0.29) is 5.56 Å². The molecule has 0 saturated carbocycles. The highest BCUT2D eigenvalue weighted by atomic mass is 19.1. The third kappa shape index (κ3) is 4.67. The fourth-order valence-corrected chi connectivity index (χ4v) is 3.57. The van der Waals surface area contributed by atoms with Crippen molar-refractivity contribution in [3.05, 3.63) is 40.4 Å². The van der Waals surface area contributed by atoms with Gasteiger partial charge in [-0.15, -0.1) is 0 Å². The van der Waals surface area contributed by atoms with E-state index in [4.69, 9.17) is 4.74 Å². The average Bonchev–Trinajstić information content (AvgIpc) is 3.09. The molecule has 1 amide bonds. The van der Waals surface area contributed by atoms with E-state index in [0.717, 1.165) is 0 Å². The van der Waals surface area contributed by atoms with Gasteiger partial charge in [0, 0.05) is 6.42 Å². The molecule has 3 atom stereocenters. The molecule has 0 bridgehead atoms. The van der Waals surface area contributed by atoms with E-state index in [0.29, 0.717) is 29.6 Å². The molecule has 0 aliphatic carbocycles. The number of para-hydroxylation sites is 1. The second-order valence-electron chi connectivity index (χ2n) is 8.40. The smallest absolute Gasteiger partial charge is 0.308 e. The van der Waals surface area contributed by atoms with Gasteiger partial charge in [-0.3, -0.25) is 19.0 Å². The van der Waals surface area contributed by atoms with Crippen LogP contribution < -0.4 is 10.9 Å². The summed E-state index contributed by atoms with van der Waals surface area (Å²) in [6.07, 6.45) is -1.19. The van der Waals surface area contributed by atoms with Gasteiger partial charge in [0.15, 0.2) is 0 Å². The number of fused-ring (bicyclic) bond motifs is 2. The molecule has 1 aliphatic rings. The Kier molecular flexibility index (Phi) is 6.21. The van der Waals surface area contributed by atoms with E-state index in [9.17, 15) is 23.9 Å². The summed E-state index contributed by atoms with van der Waals surface area (Å²) < 4.78 is 19.7. The van der Waals surface area contributed by atoms with Crippen molar-refractivity contribution in [2.45, 2.75) is 63.8 Å². The molecule has 0 unspecified atom stereocenters. The zero-order valence-electron chi connectivity index (χ0n) is 17.2. The van der Waals surface area contributed by atoms with E-state index >= 15 is 0 Å². The van der Waals surface area contributed by atoms with Crippen LogP contribution in [0.15, 0.2) is 29.1 Å². The Morgan fingerprint density at radius 1 is 1.37 bits per heavy atom. The van der Waals surface area contributed by atoms with Crippen LogP contribution >= 0.6 is 0 Å². The maximum atomic E-state index is 13.1. The number of hydrogen-bond acceptors (Lipinski definition) is 6. The summed E-state index contributed by atoms with van der Waals surface area (Å²) in [5.41, 5.74) is -0.523. The lowest BCUT2D eigenvalue weighted by molar-refractivity contribution is -0.156. The van der Waals surface area contributed by atoms with Gasteiger partial charge in [-0.1, -0.05) is 12.1 Å². The topological polar surface area (TPSA) is 111 Å². The molecular weight excluding hydrogens is 393 g/mol. The van der Waals surface area contributed by atoms with E-state index in [1.807, 2.05) is 0 Å². The van der Waals surface area contributed by atoms with Crippen molar-refractivity contribution in [2.75, 3.05) is 6.67 Å². The first-order chi connectivity index (χ1) is 14.1. The van der Waals surface area contributed by atoms with Gasteiger partial charge in [0.05, 0.1) is 23.4 Å². The Labute approximate surface area is 173 Å². The highest BCUT2D eigenvalue weighted by Crippen LogP contribution is 2.25. The monoisotopic (exact) mass is 419 g/mol. The summed E-state index contributed by atoms with van der Waals surface area (Å²) >= 11 is 0. The largest absolute Gasteiger partial charge is 0.460 e. The summed E-state index contributed by atoms with van der Waals surface area (Å²) in [6.45, 7) is 3.91. The molecule has 30 heavy (non-hydrogen) atoms. The van der Waals surface area contributed by atoms with Crippen molar-refractivity contribution in [3.8, 4) is 0 Å². The predicted octanol–water partition coefficient (Wildman–Crippen LogP) is 1.43. The average molecular weight is 419 g/mol. The Bertz CT molecular complexity index is 1010. The van der Waals surface area contributed by atoms with Crippen LogP contribution in [0.2, 0.25) is 0 Å². The molecule has 0 saturated heterocycles. The normalized spacial score (nSPS) is 18.0. The lowest BCUT2D eigenvalue weighted by Gasteiger charge is -2.26. The third-order valence-corrected chi connectivity index (χ3v) is 4.89. The summed E-state index contributed by atoms with van der Waals surface area (Å²) in [5, 5.41) is 12.9. The zero-order valence-corrected chi connectivity index (χ0v) is 17.2. The molecule has 3 rings (SSSR count). The zero-order chi connectivity index (χ0) is 22.1. The van der Waals surface area contributed by atoms with Gasteiger partial charge in [0.25, 0.3) is 5.56 Å². The molecule has 162 valence electrons. The fraction of sp³-hybridized carbons (Fsp3) is 0.524. The highest BCUT2D eigenvalue weighted by molar-refractivity contribution is 5.83. The molecule has 0 fully saturated rings. The Balaban J connectivity index is 1.82. The van der Waals surface area contributed by atoms with Crippen molar-refractivity contribution in [1.82, 2.24) is 14.9 Å². The van der Waals surface area contributed by atoms with Gasteiger partial charge in [-0.2, -0.15) is 0 Å². The number of rotatable bonds is 6. The first-order valence-electron chi connectivity index (χ1n) is 9.87. The summed E-state index contributed by atoms with van der Waals surface area (Å²) in [5.74, 6) is -0.750. The Morgan fingerprint density at radius 3 is 2.73 bits per heavy atom. The number of benzene rings is 1. The summed E-state index contributed by atoms with van der Waals surface area (Å²) in [4.78, 5) is 42.4. The van der Waals surface area contributed by atoms with Crippen molar-refractivity contribution in [3.63, 3.8) is 0 Å². The predicted molar refractivity (Wildman–Crippen MR) is 108 cm³/mol. The molecule has 0 spiro atoms. The van der Waals surface area contributed by atoms with Crippen molar-refractivity contribution >= 4 is 22.8 Å². The van der Waals surface area contributed by atoms with Crippen molar-refractivity contribution in [1.29, 1.82) is 0 Å². The minimum absolute atomic E-state index is 0.331. The number of amides is 1. The number of aromatic nitrogens is 2. The van der Waals surface area contributed by atoms with Crippen LogP contribution in [0.4, 0.5) is 4.39 Å². The number of aliphatic hydroxyl groups is 1. The van der Waals surface area contributed by atoms with Crippen molar-refractivity contribution in [2.24, 2.45) is 0 Å². The van der Waals surface area contributed by atoms with E-state index in [2.05, 4.69) is 10.3 Å². The van der Waals surface area contributed by atoms with Crippen LogP contribution in [0.5, 0.6) is 0 Å². The molecule has 8 nitrogen and oxygen atoms in total. The standard InChI is InChI=1S/C21H26FN3O5/c1-21(2,3)30-18(27)10-14(16(26)11-22)24-19(28)15-8-9-17-23-13-7-5-4-6-12(13)20(29)25(15)17/h4-7,14-16,26H,8-11H2,1-3H3,(H,24,28)/t14-,15-,16+/m0/s1. The second-order valence-corrected chi connectivity index (χ2v) is 8.40. The molecule has 2 N–H and O–H groups in total. The lowest BCUT2D eigenvalue weighted by atomic mass is 10.1. The lowest BCUT2D eigenvalue weighted by Crippen LogP contribution is -2.49. The molecule has 9 heteroatoms. The van der Waals surface area contributed by atoms with Crippen LogP contribution in [0.25, 0.3) is 10.9 Å². The third-order valence-electron chi connectivity index (χ3n) is 4.89. The van der Waals surface area contributed by atoms with E-state index < -0.39 is 48.8 Å².